The summed E-state index contributed by atoms with van der Waals surface area (Å²) < 4.78 is 5.10. The van der Waals surface area contributed by atoms with E-state index in [-0.39, 0.29) is 11.3 Å². The van der Waals surface area contributed by atoms with E-state index in [9.17, 15) is 4.79 Å². The molecule has 0 spiro atoms. The van der Waals surface area contributed by atoms with E-state index in [1.807, 2.05) is 0 Å². The predicted octanol–water partition coefficient (Wildman–Crippen LogP) is 2.70. The number of carbonyl (C=O) groups excluding carboxylic acids is 1. The summed E-state index contributed by atoms with van der Waals surface area (Å²) in [6.45, 7) is 8.42. The Labute approximate surface area is 127 Å². The van der Waals surface area contributed by atoms with E-state index in [1.165, 1.54) is 0 Å². The molecule has 0 saturated heterocycles. The van der Waals surface area contributed by atoms with Crippen molar-refractivity contribution in [2.45, 2.75) is 33.6 Å². The van der Waals surface area contributed by atoms with Gasteiger partial charge in [0.1, 0.15) is 5.82 Å². The summed E-state index contributed by atoms with van der Waals surface area (Å²) in [7, 11) is 1.69. The predicted molar refractivity (Wildman–Crippen MR) is 85.6 cm³/mol. The van der Waals surface area contributed by atoms with Crippen molar-refractivity contribution < 1.29 is 9.53 Å². The lowest BCUT2D eigenvalue weighted by Gasteiger charge is -2.24. The van der Waals surface area contributed by atoms with Crippen LogP contribution in [0.25, 0.3) is 0 Å². The Morgan fingerprint density at radius 1 is 1.43 bits per heavy atom. The number of carbonyl (C=O) groups is 1. The van der Waals surface area contributed by atoms with E-state index in [0.717, 1.165) is 19.4 Å². The summed E-state index contributed by atoms with van der Waals surface area (Å²) in [4.78, 5) is 16.6. The highest BCUT2D eigenvalue weighted by Crippen LogP contribution is 2.19. The number of aromatic nitrogens is 1. The van der Waals surface area contributed by atoms with Crippen LogP contribution in [0.3, 0.4) is 0 Å². The fourth-order valence-electron chi connectivity index (χ4n) is 1.85. The molecule has 0 aliphatic rings. The second kappa shape index (κ2) is 8.62. The third kappa shape index (κ3) is 6.12. The minimum absolute atomic E-state index is 0.00485. The Hall–Kier alpha value is -1.62. The number of hydrogen-bond acceptors (Lipinski definition) is 4. The zero-order valence-corrected chi connectivity index (χ0v) is 13.5. The van der Waals surface area contributed by atoms with Gasteiger partial charge in [0.15, 0.2) is 0 Å². The zero-order chi connectivity index (χ0) is 15.7. The summed E-state index contributed by atoms with van der Waals surface area (Å²) in [6, 6.07) is 3.57. The molecule has 0 aromatic carbocycles. The molecule has 0 fully saturated rings. The summed E-state index contributed by atoms with van der Waals surface area (Å²) in [5, 5.41) is 6.17. The first-order chi connectivity index (χ1) is 10.00. The Morgan fingerprint density at radius 3 is 2.86 bits per heavy atom. The third-order valence-corrected chi connectivity index (χ3v) is 3.31. The Morgan fingerprint density at radius 2 is 2.19 bits per heavy atom. The zero-order valence-electron chi connectivity index (χ0n) is 13.5. The summed E-state index contributed by atoms with van der Waals surface area (Å²) in [5.41, 5.74) is 0.596. The fraction of sp³-hybridized carbons (Fsp3) is 0.625. The van der Waals surface area contributed by atoms with Gasteiger partial charge < -0.3 is 15.4 Å². The standard InChI is InChI=1S/C16H27N3O2/c1-5-9-17-14-13(7-6-10-18-14)15(20)19-12-16(2,3)8-11-21-4/h6-7,10H,5,8-9,11-12H2,1-4H3,(H,17,18)(H,19,20). The smallest absolute Gasteiger partial charge is 0.255 e. The van der Waals surface area contributed by atoms with Crippen LogP contribution in [0, 0.1) is 5.41 Å². The van der Waals surface area contributed by atoms with Gasteiger partial charge in [-0.05, 0) is 30.4 Å². The quantitative estimate of drug-likeness (QED) is 0.735. The topological polar surface area (TPSA) is 63.2 Å². The molecule has 1 aromatic heterocycles. The van der Waals surface area contributed by atoms with Crippen LogP contribution in [0.15, 0.2) is 18.3 Å². The lowest BCUT2D eigenvalue weighted by molar-refractivity contribution is 0.0921. The maximum atomic E-state index is 12.3. The van der Waals surface area contributed by atoms with Gasteiger partial charge >= 0.3 is 0 Å². The van der Waals surface area contributed by atoms with Gasteiger partial charge in [0.05, 0.1) is 5.56 Å². The van der Waals surface area contributed by atoms with Gasteiger partial charge in [0, 0.05) is 33.0 Å². The van der Waals surface area contributed by atoms with Gasteiger partial charge in [-0.25, -0.2) is 4.98 Å². The van der Waals surface area contributed by atoms with Crippen molar-refractivity contribution in [1.82, 2.24) is 10.3 Å². The highest BCUT2D eigenvalue weighted by atomic mass is 16.5. The molecule has 1 rings (SSSR count). The molecule has 0 bridgehead atoms. The molecule has 0 atom stereocenters. The number of pyridine rings is 1. The largest absolute Gasteiger partial charge is 0.385 e. The first-order valence-electron chi connectivity index (χ1n) is 7.46. The number of hydrogen-bond donors (Lipinski definition) is 2. The molecule has 0 unspecified atom stereocenters. The lowest BCUT2D eigenvalue weighted by atomic mass is 9.89. The number of anilines is 1. The molecule has 118 valence electrons. The van der Waals surface area contributed by atoms with Gasteiger partial charge in [-0.2, -0.15) is 0 Å². The SMILES string of the molecule is CCCNc1ncccc1C(=O)NCC(C)(C)CCOC. The maximum Gasteiger partial charge on any atom is 0.255 e. The van der Waals surface area contributed by atoms with Gasteiger partial charge in [0.2, 0.25) is 0 Å². The molecule has 2 N–H and O–H groups in total. The number of ether oxygens (including phenoxy) is 1. The molecule has 21 heavy (non-hydrogen) atoms. The van der Waals surface area contributed by atoms with Crippen LogP contribution in [0.5, 0.6) is 0 Å². The van der Waals surface area contributed by atoms with Crippen LogP contribution in [0.4, 0.5) is 5.82 Å². The molecule has 5 heteroatoms. The number of rotatable bonds is 9. The summed E-state index contributed by atoms with van der Waals surface area (Å²) >= 11 is 0. The number of nitrogens with zero attached hydrogens (tertiary/aromatic N) is 1. The molecule has 1 aromatic rings. The van der Waals surface area contributed by atoms with Gasteiger partial charge in [-0.15, -0.1) is 0 Å². The van der Waals surface area contributed by atoms with Crippen molar-refractivity contribution >= 4 is 11.7 Å². The van der Waals surface area contributed by atoms with Gasteiger partial charge in [0.25, 0.3) is 5.91 Å². The monoisotopic (exact) mass is 293 g/mol. The van der Waals surface area contributed by atoms with E-state index < -0.39 is 0 Å². The number of amides is 1. The highest BCUT2D eigenvalue weighted by molar-refractivity contribution is 5.98. The summed E-state index contributed by atoms with van der Waals surface area (Å²) in [6.07, 6.45) is 3.58. The Kier molecular flexibility index (Phi) is 7.15. The van der Waals surface area contributed by atoms with E-state index in [0.29, 0.717) is 24.5 Å². The van der Waals surface area contributed by atoms with Gasteiger partial charge in [-0.3, -0.25) is 4.79 Å². The molecule has 1 amide bonds. The molecule has 5 nitrogen and oxygen atoms in total. The van der Waals surface area contributed by atoms with Crippen molar-refractivity contribution in [3.63, 3.8) is 0 Å². The average Bonchev–Trinajstić information content (AvgIpc) is 2.49. The molecule has 1 heterocycles. The Balaban J connectivity index is 2.63. The molecule has 0 radical (unpaired) electrons. The van der Waals surface area contributed by atoms with E-state index in [4.69, 9.17) is 4.74 Å². The molecule has 0 aliphatic carbocycles. The molecule has 0 aliphatic heterocycles. The van der Waals surface area contributed by atoms with Crippen LogP contribution < -0.4 is 10.6 Å². The number of methoxy groups -OCH3 is 1. The van der Waals surface area contributed by atoms with Crippen molar-refractivity contribution in [3.8, 4) is 0 Å². The first kappa shape index (κ1) is 17.4. The second-order valence-electron chi connectivity index (χ2n) is 5.92. The van der Waals surface area contributed by atoms with Crippen molar-refractivity contribution in [2.24, 2.45) is 5.41 Å². The molecular formula is C16H27N3O2. The minimum Gasteiger partial charge on any atom is -0.385 e. The van der Waals surface area contributed by atoms with Crippen molar-refractivity contribution in [1.29, 1.82) is 0 Å². The highest BCUT2D eigenvalue weighted by Gasteiger charge is 2.20. The maximum absolute atomic E-state index is 12.3. The lowest BCUT2D eigenvalue weighted by Crippen LogP contribution is -2.35. The number of nitrogens with one attached hydrogen (secondary N) is 2. The summed E-state index contributed by atoms with van der Waals surface area (Å²) in [5.74, 6) is 0.554. The normalized spacial score (nSPS) is 11.2. The van der Waals surface area contributed by atoms with Crippen LogP contribution >= 0.6 is 0 Å². The van der Waals surface area contributed by atoms with E-state index >= 15 is 0 Å². The first-order valence-corrected chi connectivity index (χ1v) is 7.46. The molecule has 0 saturated carbocycles. The van der Waals surface area contributed by atoms with Crippen LogP contribution in [0.1, 0.15) is 44.0 Å². The van der Waals surface area contributed by atoms with Crippen LogP contribution in [-0.2, 0) is 4.74 Å². The second-order valence-corrected chi connectivity index (χ2v) is 5.92. The van der Waals surface area contributed by atoms with Crippen LogP contribution in [-0.4, -0.2) is 37.7 Å². The third-order valence-electron chi connectivity index (χ3n) is 3.31. The van der Waals surface area contributed by atoms with Crippen molar-refractivity contribution in [2.75, 3.05) is 32.1 Å². The minimum atomic E-state index is -0.0906. The van der Waals surface area contributed by atoms with Gasteiger partial charge in [-0.1, -0.05) is 20.8 Å². The van der Waals surface area contributed by atoms with E-state index in [1.54, 1.807) is 25.4 Å². The molecular weight excluding hydrogens is 266 g/mol. The Bertz CT molecular complexity index is 447. The van der Waals surface area contributed by atoms with E-state index in [2.05, 4.69) is 36.4 Å². The van der Waals surface area contributed by atoms with Crippen LogP contribution in [0.2, 0.25) is 0 Å². The van der Waals surface area contributed by atoms with Crippen molar-refractivity contribution in [3.05, 3.63) is 23.9 Å². The average molecular weight is 293 g/mol. The fourth-order valence-corrected chi connectivity index (χ4v) is 1.85.